The van der Waals surface area contributed by atoms with Crippen LogP contribution in [0.15, 0.2) is 30.3 Å². The molecule has 0 bridgehead atoms. The molecule has 16 heavy (non-hydrogen) atoms. The van der Waals surface area contributed by atoms with Gasteiger partial charge in [-0.05, 0) is 5.56 Å². The van der Waals surface area contributed by atoms with Crippen molar-refractivity contribution in [2.45, 2.75) is 6.54 Å². The van der Waals surface area contributed by atoms with Crippen LogP contribution < -0.4 is 5.11 Å². The number of rotatable bonds is 5. The molecule has 0 heterocycles. The fraction of sp³-hybridized carbons (Fsp3) is 0.300. The number of nitrogens with zero attached hydrogens (tertiary/aromatic N) is 1. The minimum absolute atomic E-state index is 0.149. The fourth-order valence-electron chi connectivity index (χ4n) is 1.20. The van der Waals surface area contributed by atoms with Gasteiger partial charge in [-0.3, -0.25) is 0 Å². The van der Waals surface area contributed by atoms with Gasteiger partial charge in [-0.2, -0.15) is 0 Å². The zero-order valence-corrected chi connectivity index (χ0v) is 9.61. The van der Waals surface area contributed by atoms with Gasteiger partial charge in [0.25, 0.3) is 0 Å². The molecule has 0 spiro atoms. The molecule has 0 saturated heterocycles. The number of carboxylic acid groups (broad SMARTS) is 1. The Kier molecular flexibility index (Phi) is 4.03. The zero-order chi connectivity index (χ0) is 12.2. The third-order valence-corrected chi connectivity index (χ3v) is 3.70. The predicted molar refractivity (Wildman–Crippen MR) is 56.7 cm³/mol. The average molecular weight is 242 g/mol. The monoisotopic (exact) mass is 242 g/mol. The number of carbonyl (C=O) groups is 1. The first-order valence-electron chi connectivity index (χ1n) is 4.59. The molecule has 88 valence electrons. The first-order valence-corrected chi connectivity index (χ1v) is 6.20. The highest BCUT2D eigenvalue weighted by molar-refractivity contribution is 7.89. The standard InChI is InChI=1S/C10H13NO4S/c1-11(16(14,15)8-10(12)13)7-9-5-3-2-4-6-9/h2-6H,7-8H2,1H3,(H,12,13)/p-1. The van der Waals surface area contributed by atoms with Gasteiger partial charge in [0.05, 0.1) is 5.97 Å². The van der Waals surface area contributed by atoms with Gasteiger partial charge in [0.2, 0.25) is 10.0 Å². The third kappa shape index (κ3) is 3.63. The Balaban J connectivity index is 2.72. The molecule has 1 rings (SSSR count). The highest BCUT2D eigenvalue weighted by Crippen LogP contribution is 2.06. The minimum Gasteiger partial charge on any atom is -0.549 e. The number of aliphatic carboxylic acids is 1. The van der Waals surface area contributed by atoms with Crippen molar-refractivity contribution in [1.82, 2.24) is 4.31 Å². The summed E-state index contributed by atoms with van der Waals surface area (Å²) in [6.07, 6.45) is 0. The summed E-state index contributed by atoms with van der Waals surface area (Å²) >= 11 is 0. The van der Waals surface area contributed by atoms with Gasteiger partial charge >= 0.3 is 0 Å². The molecule has 5 nitrogen and oxygen atoms in total. The van der Waals surface area contributed by atoms with Crippen LogP contribution in [0.25, 0.3) is 0 Å². The number of hydrogen-bond acceptors (Lipinski definition) is 4. The molecule has 0 aromatic heterocycles. The van der Waals surface area contributed by atoms with Crippen molar-refractivity contribution in [2.75, 3.05) is 12.8 Å². The average Bonchev–Trinajstić information content (AvgIpc) is 2.17. The summed E-state index contributed by atoms with van der Waals surface area (Å²) in [4.78, 5) is 10.3. The highest BCUT2D eigenvalue weighted by Gasteiger charge is 2.17. The molecule has 0 fully saturated rings. The van der Waals surface area contributed by atoms with E-state index in [9.17, 15) is 18.3 Å². The van der Waals surface area contributed by atoms with E-state index >= 15 is 0 Å². The van der Waals surface area contributed by atoms with E-state index < -0.39 is 21.7 Å². The van der Waals surface area contributed by atoms with Gasteiger partial charge in [0.1, 0.15) is 5.75 Å². The predicted octanol–water partition coefficient (Wildman–Crippen LogP) is -0.802. The van der Waals surface area contributed by atoms with E-state index in [1.807, 2.05) is 6.07 Å². The maximum absolute atomic E-state index is 11.5. The Morgan fingerprint density at radius 2 is 1.88 bits per heavy atom. The molecule has 0 radical (unpaired) electrons. The van der Waals surface area contributed by atoms with Crippen LogP contribution >= 0.6 is 0 Å². The summed E-state index contributed by atoms with van der Waals surface area (Å²) in [5.74, 6) is -2.59. The number of hydrogen-bond donors (Lipinski definition) is 0. The van der Waals surface area contributed by atoms with Crippen molar-refractivity contribution in [3.8, 4) is 0 Å². The largest absolute Gasteiger partial charge is 0.549 e. The highest BCUT2D eigenvalue weighted by atomic mass is 32.2. The Morgan fingerprint density at radius 3 is 2.38 bits per heavy atom. The third-order valence-electron chi connectivity index (χ3n) is 2.02. The maximum atomic E-state index is 11.5. The summed E-state index contributed by atoms with van der Waals surface area (Å²) in [7, 11) is -2.45. The van der Waals surface area contributed by atoms with E-state index in [2.05, 4.69) is 0 Å². The number of carboxylic acids is 1. The zero-order valence-electron chi connectivity index (χ0n) is 8.79. The second-order valence-corrected chi connectivity index (χ2v) is 5.45. The molecule has 0 aliphatic rings. The summed E-state index contributed by atoms with van der Waals surface area (Å²) < 4.78 is 23.9. The van der Waals surface area contributed by atoms with Crippen molar-refractivity contribution >= 4 is 16.0 Å². The first kappa shape index (κ1) is 12.7. The summed E-state index contributed by atoms with van der Waals surface area (Å²) in [5.41, 5.74) is 0.798. The van der Waals surface area contributed by atoms with Crippen LogP contribution in [0.5, 0.6) is 0 Å². The number of benzene rings is 1. The molecule has 0 saturated carbocycles. The molecular formula is C10H12NO4S-. The van der Waals surface area contributed by atoms with E-state index in [1.54, 1.807) is 24.3 Å². The van der Waals surface area contributed by atoms with Gasteiger partial charge in [-0.15, -0.1) is 0 Å². The van der Waals surface area contributed by atoms with Crippen molar-refractivity contribution in [3.05, 3.63) is 35.9 Å². The van der Waals surface area contributed by atoms with Crippen LogP contribution in [-0.4, -0.2) is 31.5 Å². The Morgan fingerprint density at radius 1 is 1.31 bits per heavy atom. The van der Waals surface area contributed by atoms with Gasteiger partial charge in [-0.25, -0.2) is 12.7 Å². The maximum Gasteiger partial charge on any atom is 0.219 e. The number of sulfonamides is 1. The lowest BCUT2D eigenvalue weighted by molar-refractivity contribution is -0.301. The second-order valence-electron chi connectivity index (χ2n) is 3.37. The van der Waals surface area contributed by atoms with Gasteiger partial charge < -0.3 is 9.90 Å². The van der Waals surface area contributed by atoms with Gasteiger partial charge in [0, 0.05) is 13.6 Å². The SMILES string of the molecule is CN(Cc1ccccc1)S(=O)(=O)CC(=O)[O-]. The molecule has 0 N–H and O–H groups in total. The summed E-state index contributed by atoms with van der Waals surface area (Å²) in [6.45, 7) is 0.149. The Hall–Kier alpha value is -1.40. The second kappa shape index (κ2) is 5.09. The van der Waals surface area contributed by atoms with Crippen molar-refractivity contribution < 1.29 is 18.3 Å². The van der Waals surface area contributed by atoms with Gasteiger partial charge in [-0.1, -0.05) is 30.3 Å². The summed E-state index contributed by atoms with van der Waals surface area (Å²) in [6, 6.07) is 8.93. The van der Waals surface area contributed by atoms with Gasteiger partial charge in [0.15, 0.2) is 0 Å². The minimum atomic E-state index is -3.79. The molecule has 0 atom stereocenters. The molecule has 6 heteroatoms. The van der Waals surface area contributed by atoms with E-state index in [0.717, 1.165) is 9.87 Å². The smallest absolute Gasteiger partial charge is 0.219 e. The van der Waals surface area contributed by atoms with E-state index in [0.29, 0.717) is 0 Å². The quantitative estimate of drug-likeness (QED) is 0.677. The van der Waals surface area contributed by atoms with E-state index in [4.69, 9.17) is 0 Å². The first-order chi connectivity index (χ1) is 7.42. The van der Waals surface area contributed by atoms with Crippen LogP contribution in [0, 0.1) is 0 Å². The van der Waals surface area contributed by atoms with Crippen LogP contribution in [0.2, 0.25) is 0 Å². The lowest BCUT2D eigenvalue weighted by Crippen LogP contribution is -2.37. The molecule has 0 amide bonds. The summed E-state index contributed by atoms with van der Waals surface area (Å²) in [5, 5.41) is 10.3. The Bertz CT molecular complexity index is 455. The van der Waals surface area contributed by atoms with Crippen molar-refractivity contribution in [2.24, 2.45) is 0 Å². The number of carbonyl (C=O) groups excluding carboxylic acids is 1. The van der Waals surface area contributed by atoms with E-state index in [1.165, 1.54) is 7.05 Å². The van der Waals surface area contributed by atoms with Crippen LogP contribution in [0.1, 0.15) is 5.56 Å². The van der Waals surface area contributed by atoms with Crippen LogP contribution in [-0.2, 0) is 21.4 Å². The molecular weight excluding hydrogens is 230 g/mol. The molecule has 1 aromatic rings. The van der Waals surface area contributed by atoms with E-state index in [-0.39, 0.29) is 6.54 Å². The van der Waals surface area contributed by atoms with Crippen LogP contribution in [0.4, 0.5) is 0 Å². The topological polar surface area (TPSA) is 77.5 Å². The lowest BCUT2D eigenvalue weighted by Gasteiger charge is -2.17. The normalized spacial score (nSPS) is 11.6. The Labute approximate surface area is 94.4 Å². The van der Waals surface area contributed by atoms with Crippen molar-refractivity contribution in [3.63, 3.8) is 0 Å². The molecule has 0 aliphatic heterocycles. The molecule has 1 aromatic carbocycles. The molecule has 0 aliphatic carbocycles. The lowest BCUT2D eigenvalue weighted by atomic mass is 10.2. The van der Waals surface area contributed by atoms with Crippen LogP contribution in [0.3, 0.4) is 0 Å². The van der Waals surface area contributed by atoms with Crippen molar-refractivity contribution in [1.29, 1.82) is 0 Å². The molecule has 0 unspecified atom stereocenters. The fourth-order valence-corrected chi connectivity index (χ4v) is 2.06.